The second kappa shape index (κ2) is 20.5. The van der Waals surface area contributed by atoms with Crippen LogP contribution < -0.4 is 0 Å². The van der Waals surface area contributed by atoms with Crippen LogP contribution in [0.25, 0.3) is 0 Å². The van der Waals surface area contributed by atoms with Gasteiger partial charge in [-0.25, -0.2) is 0 Å². The maximum atomic E-state index is 12.6. The number of ether oxygens (including phenoxy) is 8. The summed E-state index contributed by atoms with van der Waals surface area (Å²) in [5.74, 6) is -0.0681. The summed E-state index contributed by atoms with van der Waals surface area (Å²) in [6.45, 7) is 26.9. The first kappa shape index (κ1) is 49.4. The first-order chi connectivity index (χ1) is 31.1. The molecule has 0 amide bonds. The third-order valence-corrected chi connectivity index (χ3v) is 23.2. The van der Waals surface area contributed by atoms with E-state index in [4.69, 9.17) is 42.3 Å². The molecule has 17 atom stereocenters. The normalized spacial score (nSPS) is 40.3. The maximum Gasteiger partial charge on any atom is 0.200 e. The Kier molecular flexibility index (Phi) is 15.6. The standard InChI is InChI=1S/C54H82O10Si/c1-33(2)65(34(3)4,35(5)6)64-48-30-44-45(62-53(48,11)47(23-25-55)56-31-40-19-14-12-15-20-40)28-36(7)27-42-43(59-44)29-46-49(60-42)38(9)50(57-32-41-21-16-13-17-22-41)52-51(61-46)37(8)39(10)54(63-52)24-18-26-58-54/h12-17,19-22,25,33-39,42-52H,18,23-24,26-32H2,1-11H3/t36-,37+,38-,39+,42+,43-,44+,45-,46+,47-,48-,49-,50+,51-,52+,53+,54-/m1/s1. The summed E-state index contributed by atoms with van der Waals surface area (Å²) in [7, 11) is -2.46. The van der Waals surface area contributed by atoms with Gasteiger partial charge < -0.3 is 47.1 Å². The number of rotatable bonds is 14. The molecule has 0 radical (unpaired) electrons. The van der Waals surface area contributed by atoms with Crippen LogP contribution >= 0.6 is 0 Å². The van der Waals surface area contributed by atoms with Gasteiger partial charge >= 0.3 is 0 Å². The lowest BCUT2D eigenvalue weighted by Gasteiger charge is -2.56. The third-order valence-electron chi connectivity index (χ3n) is 17.1. The lowest BCUT2D eigenvalue weighted by atomic mass is 9.76. The summed E-state index contributed by atoms with van der Waals surface area (Å²) in [5.41, 5.74) is 2.35. The van der Waals surface area contributed by atoms with E-state index in [0.717, 1.165) is 43.1 Å². The maximum absolute atomic E-state index is 12.6. The molecule has 65 heavy (non-hydrogen) atoms. The quantitative estimate of drug-likeness (QED) is 0.135. The van der Waals surface area contributed by atoms with Crippen molar-refractivity contribution in [3.8, 4) is 0 Å². The molecule has 0 unspecified atom stereocenters. The molecule has 6 heterocycles. The number of hydrogen-bond acceptors (Lipinski definition) is 10. The van der Waals surface area contributed by atoms with E-state index in [9.17, 15) is 4.79 Å². The van der Waals surface area contributed by atoms with Crippen molar-refractivity contribution in [2.45, 2.75) is 229 Å². The summed E-state index contributed by atoms with van der Waals surface area (Å²) < 4.78 is 65.0. The summed E-state index contributed by atoms with van der Waals surface area (Å²) in [6, 6.07) is 20.6. The molecule has 6 fully saturated rings. The highest BCUT2D eigenvalue weighted by molar-refractivity contribution is 6.77. The van der Waals surface area contributed by atoms with Crippen LogP contribution in [-0.2, 0) is 60.3 Å². The van der Waals surface area contributed by atoms with Crippen LogP contribution in [0.15, 0.2) is 60.7 Å². The van der Waals surface area contributed by atoms with Gasteiger partial charge in [0.15, 0.2) is 5.79 Å². The number of hydrogen-bond donors (Lipinski definition) is 0. The van der Waals surface area contributed by atoms with Crippen LogP contribution in [0, 0.1) is 23.7 Å². The number of carbonyl (C=O) groups is 1. The predicted octanol–water partition coefficient (Wildman–Crippen LogP) is 10.8. The Morgan fingerprint density at radius 2 is 1.29 bits per heavy atom. The molecule has 10 nitrogen and oxygen atoms in total. The highest BCUT2D eigenvalue weighted by atomic mass is 28.4. The van der Waals surface area contributed by atoms with Gasteiger partial charge in [0.1, 0.15) is 18.0 Å². The molecule has 0 aliphatic carbocycles. The van der Waals surface area contributed by atoms with Crippen molar-refractivity contribution in [1.29, 1.82) is 0 Å². The van der Waals surface area contributed by atoms with Crippen LogP contribution in [0.2, 0.25) is 16.6 Å². The Balaban J connectivity index is 1.10. The molecule has 8 rings (SSSR count). The zero-order valence-electron chi connectivity index (χ0n) is 41.4. The molecule has 2 aromatic carbocycles. The fourth-order valence-electron chi connectivity index (χ4n) is 13.4. The summed E-state index contributed by atoms with van der Waals surface area (Å²) in [5, 5.41) is 0. The zero-order chi connectivity index (χ0) is 46.3. The van der Waals surface area contributed by atoms with Crippen molar-refractivity contribution < 1.29 is 47.1 Å². The Labute approximate surface area is 391 Å². The molecular formula is C54H82O10Si. The van der Waals surface area contributed by atoms with Gasteiger partial charge in [0.25, 0.3) is 0 Å². The highest BCUT2D eigenvalue weighted by Gasteiger charge is 2.62. The SMILES string of the molecule is CC(C)[Si](O[C@@H]1C[C@@H]2O[C@@H]3C[C@@H]4O[C@@H]5[C@@H](C)[C@H](C)[C@@]6(CCCO6)O[C@H]5[C@@H](OCc5ccccc5)[C@H](C)[C@H]4O[C@H]3C[C@@H](C)C[C@H]2O[C@@]1(C)[C@@H](CC=O)OCc1ccccc1)(C(C)C)C(C)C. The molecule has 0 aromatic heterocycles. The van der Waals surface area contributed by atoms with Gasteiger partial charge in [0, 0.05) is 37.5 Å². The summed E-state index contributed by atoms with van der Waals surface area (Å²) >= 11 is 0. The third kappa shape index (κ3) is 9.78. The van der Waals surface area contributed by atoms with Gasteiger partial charge in [-0.1, -0.05) is 130 Å². The van der Waals surface area contributed by atoms with E-state index in [1.807, 2.05) is 24.3 Å². The van der Waals surface area contributed by atoms with Gasteiger partial charge in [-0.3, -0.25) is 0 Å². The van der Waals surface area contributed by atoms with Crippen LogP contribution in [0.3, 0.4) is 0 Å². The number of carbonyl (C=O) groups excluding carboxylic acids is 1. The minimum atomic E-state index is -2.46. The molecule has 0 N–H and O–H groups in total. The van der Waals surface area contributed by atoms with Gasteiger partial charge in [-0.2, -0.15) is 0 Å². The molecule has 0 bridgehead atoms. The summed E-state index contributed by atoms with van der Waals surface area (Å²) in [4.78, 5) is 12.6. The van der Waals surface area contributed by atoms with Gasteiger partial charge in [0.05, 0.1) is 80.9 Å². The van der Waals surface area contributed by atoms with E-state index in [-0.39, 0.29) is 91.1 Å². The molecule has 2 aromatic rings. The van der Waals surface area contributed by atoms with Crippen LogP contribution in [0.4, 0.5) is 0 Å². The van der Waals surface area contributed by atoms with Crippen molar-refractivity contribution in [2.75, 3.05) is 6.61 Å². The van der Waals surface area contributed by atoms with Crippen LogP contribution in [0.1, 0.15) is 132 Å². The number of aldehydes is 1. The minimum absolute atomic E-state index is 0.0180. The smallest absolute Gasteiger partial charge is 0.200 e. The molecule has 1 spiro atoms. The zero-order valence-corrected chi connectivity index (χ0v) is 42.4. The van der Waals surface area contributed by atoms with Crippen molar-refractivity contribution >= 4 is 14.6 Å². The van der Waals surface area contributed by atoms with Crippen molar-refractivity contribution in [3.63, 3.8) is 0 Å². The molecule has 6 aliphatic heterocycles. The van der Waals surface area contributed by atoms with Crippen LogP contribution in [0.5, 0.6) is 0 Å². The molecular weight excluding hydrogens is 837 g/mol. The minimum Gasteiger partial charge on any atom is -0.410 e. The van der Waals surface area contributed by atoms with E-state index < -0.39 is 25.8 Å². The topological polar surface area (TPSA) is 100 Å². The first-order valence-electron chi connectivity index (χ1n) is 25.5. The number of fused-ring (bicyclic) bond motifs is 4. The highest BCUT2D eigenvalue weighted by Crippen LogP contribution is 2.53. The average Bonchev–Trinajstić information content (AvgIpc) is 3.71. The van der Waals surface area contributed by atoms with E-state index in [2.05, 4.69) is 113 Å². The molecule has 11 heteroatoms. The predicted molar refractivity (Wildman–Crippen MR) is 254 cm³/mol. The largest absolute Gasteiger partial charge is 0.410 e. The molecule has 0 saturated carbocycles. The van der Waals surface area contributed by atoms with Crippen molar-refractivity contribution in [1.82, 2.24) is 0 Å². The van der Waals surface area contributed by atoms with Gasteiger partial charge in [-0.05, 0) is 65.8 Å². The Morgan fingerprint density at radius 1 is 0.692 bits per heavy atom. The second-order valence-electron chi connectivity index (χ2n) is 22.1. The second-order valence-corrected chi connectivity index (χ2v) is 27.5. The Morgan fingerprint density at radius 3 is 1.91 bits per heavy atom. The lowest BCUT2D eigenvalue weighted by molar-refractivity contribution is -0.342. The molecule has 6 aliphatic rings. The Bertz CT molecular complexity index is 1800. The molecule has 362 valence electrons. The van der Waals surface area contributed by atoms with E-state index >= 15 is 0 Å². The lowest BCUT2D eigenvalue weighted by Crippen LogP contribution is -2.67. The fraction of sp³-hybridized carbons (Fsp3) is 0.759. The van der Waals surface area contributed by atoms with Gasteiger partial charge in [-0.15, -0.1) is 0 Å². The number of benzene rings is 2. The molecule has 6 saturated heterocycles. The van der Waals surface area contributed by atoms with E-state index in [1.54, 1.807) is 0 Å². The monoisotopic (exact) mass is 919 g/mol. The summed E-state index contributed by atoms with van der Waals surface area (Å²) in [6.07, 6.45) is 3.11. The van der Waals surface area contributed by atoms with Crippen LogP contribution in [-0.4, -0.2) is 99.7 Å². The average molecular weight is 919 g/mol. The first-order valence-corrected chi connectivity index (χ1v) is 27.6. The van der Waals surface area contributed by atoms with Crippen molar-refractivity contribution in [2.24, 2.45) is 23.7 Å². The van der Waals surface area contributed by atoms with E-state index in [1.165, 1.54) is 0 Å². The fourth-order valence-corrected chi connectivity index (χ4v) is 19.1. The Hall–Kier alpha value is -2.03. The van der Waals surface area contributed by atoms with Crippen molar-refractivity contribution in [3.05, 3.63) is 71.8 Å². The van der Waals surface area contributed by atoms with Gasteiger partial charge in [0.2, 0.25) is 8.32 Å². The van der Waals surface area contributed by atoms with E-state index in [0.29, 0.717) is 49.3 Å².